The van der Waals surface area contributed by atoms with Crippen molar-refractivity contribution in [3.05, 3.63) is 83.9 Å². The summed E-state index contributed by atoms with van der Waals surface area (Å²) in [7, 11) is 0. The normalized spacial score (nSPS) is 16.1. The molecule has 0 aliphatic carbocycles. The van der Waals surface area contributed by atoms with Crippen molar-refractivity contribution >= 4 is 35.4 Å². The van der Waals surface area contributed by atoms with E-state index in [0.29, 0.717) is 34.2 Å². The van der Waals surface area contributed by atoms with E-state index in [1.807, 2.05) is 10.9 Å². The van der Waals surface area contributed by atoms with Gasteiger partial charge in [-0.15, -0.1) is 0 Å². The van der Waals surface area contributed by atoms with E-state index in [1.165, 1.54) is 11.2 Å². The van der Waals surface area contributed by atoms with Crippen molar-refractivity contribution in [3.8, 4) is 0 Å². The Balaban J connectivity index is 1.42. The Morgan fingerprint density at radius 3 is 2.75 bits per heavy atom. The van der Waals surface area contributed by atoms with Gasteiger partial charge in [-0.1, -0.05) is 18.2 Å². The van der Waals surface area contributed by atoms with Gasteiger partial charge in [0.25, 0.3) is 5.91 Å². The van der Waals surface area contributed by atoms with Crippen molar-refractivity contribution in [1.82, 2.24) is 15.1 Å². The van der Waals surface area contributed by atoms with E-state index in [4.69, 9.17) is 16.9 Å². The van der Waals surface area contributed by atoms with E-state index in [2.05, 4.69) is 27.6 Å². The predicted molar refractivity (Wildman–Crippen MR) is 144 cm³/mol. The standard InChI is InChI=1S/C26H31N9O/c1-30-34(17-24(28)25(29)22-6-2-3-7-23(22)27)21-10-8-18(9-11-21)26(36)33-19-15-32-35(16-19)20-5-4-13-31-14-12-20/h2-3,6-11,15-17,20,29,31H,1,4-5,12-14,27-28H2,(H,33,36)/b24-17-,29-25?. The first-order chi connectivity index (χ1) is 17.5. The second kappa shape index (κ2) is 11.3. The summed E-state index contributed by atoms with van der Waals surface area (Å²) in [5.74, 6) is -0.238. The van der Waals surface area contributed by atoms with Gasteiger partial charge in [0.1, 0.15) is 0 Å². The van der Waals surface area contributed by atoms with Gasteiger partial charge in [-0.3, -0.25) is 14.9 Å². The Morgan fingerprint density at radius 1 is 1.22 bits per heavy atom. The minimum Gasteiger partial charge on any atom is -0.398 e. The van der Waals surface area contributed by atoms with Crippen LogP contribution in [0.5, 0.6) is 0 Å². The third-order valence-electron chi connectivity index (χ3n) is 6.11. The number of para-hydroxylation sites is 1. The molecule has 4 rings (SSSR count). The quantitative estimate of drug-likeness (QED) is 0.188. The number of allylic oxidation sites excluding steroid dienone is 1. The SMILES string of the molecule is C=NN(/C=C(\N)C(=N)c1ccccc1N)c1ccc(C(=O)Nc2cnn(C3CCCNCC3)c2)cc1. The van der Waals surface area contributed by atoms with E-state index in [-0.39, 0.29) is 17.3 Å². The van der Waals surface area contributed by atoms with Crippen molar-refractivity contribution in [2.45, 2.75) is 25.3 Å². The molecule has 0 saturated carbocycles. The Kier molecular flexibility index (Phi) is 7.76. The van der Waals surface area contributed by atoms with Gasteiger partial charge in [0.05, 0.1) is 41.2 Å². The molecule has 186 valence electrons. The highest BCUT2D eigenvalue weighted by molar-refractivity contribution is 6.13. The van der Waals surface area contributed by atoms with Gasteiger partial charge in [0, 0.05) is 29.7 Å². The molecule has 7 N–H and O–H groups in total. The molecule has 3 aromatic rings. The molecule has 1 saturated heterocycles. The van der Waals surface area contributed by atoms with Crippen molar-refractivity contribution < 1.29 is 4.79 Å². The zero-order valence-electron chi connectivity index (χ0n) is 20.0. The van der Waals surface area contributed by atoms with Crippen LogP contribution in [0, 0.1) is 5.41 Å². The van der Waals surface area contributed by atoms with E-state index >= 15 is 0 Å². The molecular weight excluding hydrogens is 454 g/mol. The average molecular weight is 486 g/mol. The van der Waals surface area contributed by atoms with Gasteiger partial charge in [-0.2, -0.15) is 10.2 Å². The molecular formula is C26H31N9O. The van der Waals surface area contributed by atoms with Crippen LogP contribution in [0.1, 0.15) is 41.2 Å². The molecule has 1 unspecified atom stereocenters. The number of nitrogen functional groups attached to an aromatic ring is 1. The van der Waals surface area contributed by atoms with Gasteiger partial charge in [-0.25, -0.2) is 5.01 Å². The maximum absolute atomic E-state index is 12.8. The molecule has 1 aliphatic heterocycles. The fourth-order valence-corrected chi connectivity index (χ4v) is 4.11. The average Bonchev–Trinajstić information content (AvgIpc) is 3.18. The lowest BCUT2D eigenvalue weighted by Gasteiger charge is -2.16. The number of hydrazone groups is 1. The van der Waals surface area contributed by atoms with Crippen molar-refractivity contribution in [1.29, 1.82) is 5.41 Å². The molecule has 1 fully saturated rings. The summed E-state index contributed by atoms with van der Waals surface area (Å²) in [6, 6.07) is 14.2. The first kappa shape index (κ1) is 24.7. The molecule has 1 amide bonds. The van der Waals surface area contributed by atoms with Crippen LogP contribution in [-0.4, -0.2) is 41.2 Å². The summed E-state index contributed by atoms with van der Waals surface area (Å²) in [4.78, 5) is 12.8. The molecule has 0 spiro atoms. The number of carbonyl (C=O) groups is 1. The van der Waals surface area contributed by atoms with E-state index in [1.54, 1.807) is 54.7 Å². The topological polar surface area (TPSA) is 150 Å². The molecule has 10 nitrogen and oxygen atoms in total. The summed E-state index contributed by atoms with van der Waals surface area (Å²) >= 11 is 0. The maximum Gasteiger partial charge on any atom is 0.255 e. The predicted octanol–water partition coefficient (Wildman–Crippen LogP) is 3.32. The first-order valence-corrected chi connectivity index (χ1v) is 11.8. The number of amides is 1. The van der Waals surface area contributed by atoms with E-state index < -0.39 is 0 Å². The van der Waals surface area contributed by atoms with Gasteiger partial charge < -0.3 is 22.1 Å². The minimum absolute atomic E-state index is 0.0819. The zero-order valence-corrected chi connectivity index (χ0v) is 20.0. The second-order valence-electron chi connectivity index (χ2n) is 8.58. The maximum atomic E-state index is 12.8. The number of anilines is 3. The highest BCUT2D eigenvalue weighted by Crippen LogP contribution is 2.22. The van der Waals surface area contributed by atoms with Crippen molar-refractivity contribution in [3.63, 3.8) is 0 Å². The lowest BCUT2D eigenvalue weighted by molar-refractivity contribution is 0.102. The lowest BCUT2D eigenvalue weighted by Crippen LogP contribution is -2.18. The number of benzene rings is 2. The molecule has 2 aromatic carbocycles. The smallest absolute Gasteiger partial charge is 0.255 e. The number of nitrogens with one attached hydrogen (secondary N) is 3. The number of rotatable bonds is 8. The minimum atomic E-state index is -0.238. The Labute approximate surface area is 210 Å². The summed E-state index contributed by atoms with van der Waals surface area (Å²) in [6.07, 6.45) is 8.24. The van der Waals surface area contributed by atoms with Gasteiger partial charge >= 0.3 is 0 Å². The number of carbonyl (C=O) groups excluding carboxylic acids is 1. The van der Waals surface area contributed by atoms with Crippen LogP contribution >= 0.6 is 0 Å². The van der Waals surface area contributed by atoms with Gasteiger partial charge in [-0.05, 0) is 62.7 Å². The number of nitrogens with zero attached hydrogens (tertiary/aromatic N) is 4. The lowest BCUT2D eigenvalue weighted by atomic mass is 10.1. The van der Waals surface area contributed by atoms with Crippen LogP contribution in [0.2, 0.25) is 0 Å². The van der Waals surface area contributed by atoms with Crippen LogP contribution < -0.4 is 27.1 Å². The van der Waals surface area contributed by atoms with Crippen LogP contribution in [0.4, 0.5) is 17.1 Å². The number of hydrogen-bond donors (Lipinski definition) is 5. The molecule has 0 radical (unpaired) electrons. The number of hydrogen-bond acceptors (Lipinski definition) is 8. The largest absolute Gasteiger partial charge is 0.398 e. The second-order valence-corrected chi connectivity index (χ2v) is 8.58. The van der Waals surface area contributed by atoms with E-state index in [9.17, 15) is 4.79 Å². The molecule has 1 atom stereocenters. The molecule has 10 heteroatoms. The first-order valence-electron chi connectivity index (χ1n) is 11.8. The third kappa shape index (κ3) is 5.78. The summed E-state index contributed by atoms with van der Waals surface area (Å²) < 4.78 is 1.94. The third-order valence-corrected chi connectivity index (χ3v) is 6.11. The van der Waals surface area contributed by atoms with Crippen LogP contribution in [-0.2, 0) is 0 Å². The monoisotopic (exact) mass is 485 g/mol. The Morgan fingerprint density at radius 2 is 2.00 bits per heavy atom. The Hall–Kier alpha value is -4.44. The highest BCUT2D eigenvalue weighted by Gasteiger charge is 2.16. The molecule has 1 aromatic heterocycles. The zero-order chi connectivity index (χ0) is 25.5. The Bertz CT molecular complexity index is 1250. The highest BCUT2D eigenvalue weighted by atomic mass is 16.1. The van der Waals surface area contributed by atoms with Crippen LogP contribution in [0.3, 0.4) is 0 Å². The molecule has 0 bridgehead atoms. The van der Waals surface area contributed by atoms with Crippen molar-refractivity contribution in [2.24, 2.45) is 10.8 Å². The fourth-order valence-electron chi connectivity index (χ4n) is 4.11. The summed E-state index contributed by atoms with van der Waals surface area (Å²) in [5, 5.41) is 24.5. The molecule has 2 heterocycles. The van der Waals surface area contributed by atoms with Crippen LogP contribution in [0.15, 0.2) is 77.9 Å². The summed E-state index contributed by atoms with van der Waals surface area (Å²) in [5.41, 5.74) is 15.1. The van der Waals surface area contributed by atoms with E-state index in [0.717, 1.165) is 32.4 Å². The summed E-state index contributed by atoms with van der Waals surface area (Å²) in [6.45, 7) is 5.59. The van der Waals surface area contributed by atoms with Crippen molar-refractivity contribution in [2.75, 3.05) is 29.1 Å². The van der Waals surface area contributed by atoms with Crippen LogP contribution in [0.25, 0.3) is 0 Å². The number of aromatic nitrogens is 2. The molecule has 36 heavy (non-hydrogen) atoms. The molecule has 1 aliphatic rings. The van der Waals surface area contributed by atoms with Gasteiger partial charge in [0.2, 0.25) is 0 Å². The van der Waals surface area contributed by atoms with Gasteiger partial charge in [0.15, 0.2) is 0 Å². The fraction of sp³-hybridized carbons (Fsp3) is 0.231. The number of nitrogens with two attached hydrogens (primary N) is 2.